The zero-order chi connectivity index (χ0) is 25.3. The zero-order valence-corrected chi connectivity index (χ0v) is 20.0. The third-order valence-corrected chi connectivity index (χ3v) is 7.02. The van der Waals surface area contributed by atoms with E-state index in [9.17, 15) is 35.7 Å². The number of ether oxygens (including phenoxy) is 5. The molecule has 0 radical (unpaired) electrons. The van der Waals surface area contributed by atoms with Gasteiger partial charge in [0.2, 0.25) is 0 Å². The Bertz CT molecular complexity index is 637. The fourth-order valence-electron chi connectivity index (χ4n) is 4.81. The van der Waals surface area contributed by atoms with Crippen molar-refractivity contribution in [2.45, 2.75) is 139 Å². The Morgan fingerprint density at radius 2 is 0.912 bits per heavy atom. The molecule has 3 fully saturated rings. The van der Waals surface area contributed by atoms with Crippen LogP contribution in [0.25, 0.3) is 0 Å². The Labute approximate surface area is 199 Å². The molecule has 0 aromatic heterocycles. The first-order valence-electron chi connectivity index (χ1n) is 12.1. The van der Waals surface area contributed by atoms with Crippen LogP contribution in [0.4, 0.5) is 0 Å². The highest BCUT2D eigenvalue weighted by atomic mass is 16.7. The molecule has 0 saturated carbocycles. The average Bonchev–Trinajstić information content (AvgIpc) is 2.82. The zero-order valence-electron chi connectivity index (χ0n) is 20.0. The average molecular weight is 497 g/mol. The van der Waals surface area contributed by atoms with E-state index < -0.39 is 91.9 Å². The first kappa shape index (κ1) is 28.1. The van der Waals surface area contributed by atoms with Crippen molar-refractivity contribution in [1.29, 1.82) is 0 Å². The fourth-order valence-corrected chi connectivity index (χ4v) is 4.81. The fraction of sp³-hybridized carbons (Fsp3) is 1.00. The standard InChI is InChI=1S/C22H40O12/c1-5-9-13(24)16(27)17(28)21(31-9)34-20-15(26)11(7-3)32-22(18(20)29)33-19-12(23)8(4)30-10(6-2)14(19)25/h8-29H,5-7H2,1-4H3/t8?,9?,10?,11?,12?,13-,14-,15-,16-,17?,18?,19+,20-,21-,22-/m0/s1. The SMILES string of the molecule is CCC1O[C@@H](O[C@@H]2C(O)[C@H](O[C@@H]3C(O)C(C)OC(CC)[C@@H]3O)OC(CC)[C@@H]2O)C(O)[C@@H](O)[C@H]1O. The van der Waals surface area contributed by atoms with Gasteiger partial charge in [-0.15, -0.1) is 0 Å². The molecule has 0 aromatic rings. The molecule has 3 saturated heterocycles. The van der Waals surface area contributed by atoms with Gasteiger partial charge in [-0.25, -0.2) is 0 Å². The minimum absolute atomic E-state index is 0.313. The summed E-state index contributed by atoms with van der Waals surface area (Å²) in [4.78, 5) is 0. The molecule has 3 aliphatic heterocycles. The van der Waals surface area contributed by atoms with Gasteiger partial charge in [0, 0.05) is 0 Å². The molecule has 3 heterocycles. The van der Waals surface area contributed by atoms with E-state index in [0.717, 1.165) is 0 Å². The van der Waals surface area contributed by atoms with Gasteiger partial charge in [0.25, 0.3) is 0 Å². The van der Waals surface area contributed by atoms with Gasteiger partial charge in [0.05, 0.1) is 24.4 Å². The monoisotopic (exact) mass is 496 g/mol. The molecule has 7 unspecified atom stereocenters. The number of aliphatic hydroxyl groups excluding tert-OH is 7. The second-order valence-corrected chi connectivity index (χ2v) is 9.33. The lowest BCUT2D eigenvalue weighted by Gasteiger charge is -2.48. The van der Waals surface area contributed by atoms with Crippen LogP contribution < -0.4 is 0 Å². The normalized spacial score (nSPS) is 52.5. The highest BCUT2D eigenvalue weighted by molar-refractivity contribution is 4.96. The lowest BCUT2D eigenvalue weighted by Crippen LogP contribution is -2.65. The quantitative estimate of drug-likeness (QED) is 0.201. The number of hydrogen-bond acceptors (Lipinski definition) is 12. The summed E-state index contributed by atoms with van der Waals surface area (Å²) in [5.74, 6) is 0. The van der Waals surface area contributed by atoms with E-state index in [0.29, 0.717) is 19.3 Å². The minimum Gasteiger partial charge on any atom is -0.388 e. The van der Waals surface area contributed by atoms with Crippen LogP contribution in [0.2, 0.25) is 0 Å². The van der Waals surface area contributed by atoms with Crippen molar-refractivity contribution in [2.75, 3.05) is 0 Å². The van der Waals surface area contributed by atoms with E-state index in [1.165, 1.54) is 0 Å². The Kier molecular flexibility index (Phi) is 9.68. The molecule has 200 valence electrons. The molecule has 3 aliphatic rings. The highest BCUT2D eigenvalue weighted by Gasteiger charge is 2.52. The second-order valence-electron chi connectivity index (χ2n) is 9.33. The summed E-state index contributed by atoms with van der Waals surface area (Å²) in [5, 5.41) is 73.6. The van der Waals surface area contributed by atoms with Gasteiger partial charge in [-0.2, -0.15) is 0 Å². The molecular formula is C22H40O12. The van der Waals surface area contributed by atoms with Crippen LogP contribution in [0.3, 0.4) is 0 Å². The summed E-state index contributed by atoms with van der Waals surface area (Å²) < 4.78 is 28.5. The summed E-state index contributed by atoms with van der Waals surface area (Å²) in [6.07, 6.45) is -17.0. The molecule has 0 amide bonds. The van der Waals surface area contributed by atoms with E-state index in [1.807, 2.05) is 6.92 Å². The van der Waals surface area contributed by atoms with Gasteiger partial charge in [-0.3, -0.25) is 0 Å². The summed E-state index contributed by atoms with van der Waals surface area (Å²) in [7, 11) is 0. The molecule has 12 nitrogen and oxygen atoms in total. The van der Waals surface area contributed by atoms with Crippen LogP contribution in [-0.2, 0) is 23.7 Å². The molecule has 34 heavy (non-hydrogen) atoms. The Morgan fingerprint density at radius 3 is 1.41 bits per heavy atom. The first-order chi connectivity index (χ1) is 16.0. The number of rotatable bonds is 7. The van der Waals surface area contributed by atoms with E-state index >= 15 is 0 Å². The summed E-state index contributed by atoms with van der Waals surface area (Å²) in [6.45, 7) is 6.93. The van der Waals surface area contributed by atoms with Crippen LogP contribution in [0, 0.1) is 0 Å². The largest absolute Gasteiger partial charge is 0.388 e. The number of aliphatic hydroxyl groups is 7. The second kappa shape index (κ2) is 11.7. The van der Waals surface area contributed by atoms with Crippen LogP contribution >= 0.6 is 0 Å². The summed E-state index contributed by atoms with van der Waals surface area (Å²) in [5.41, 5.74) is 0. The molecule has 15 atom stereocenters. The molecule has 12 heteroatoms. The Hall–Kier alpha value is -0.480. The highest BCUT2D eigenvalue weighted by Crippen LogP contribution is 2.33. The Morgan fingerprint density at radius 1 is 0.500 bits per heavy atom. The smallest absolute Gasteiger partial charge is 0.187 e. The third-order valence-electron chi connectivity index (χ3n) is 7.02. The van der Waals surface area contributed by atoms with Gasteiger partial charge in [-0.1, -0.05) is 20.8 Å². The lowest BCUT2D eigenvalue weighted by atomic mass is 9.93. The topological polar surface area (TPSA) is 188 Å². The predicted octanol–water partition coefficient (Wildman–Crippen LogP) is -2.25. The maximum absolute atomic E-state index is 11.0. The Balaban J connectivity index is 1.78. The molecule has 0 aromatic carbocycles. The van der Waals surface area contributed by atoms with E-state index in [1.54, 1.807) is 20.8 Å². The molecule has 0 aliphatic carbocycles. The van der Waals surface area contributed by atoms with Crippen molar-refractivity contribution >= 4 is 0 Å². The van der Waals surface area contributed by atoms with Gasteiger partial charge < -0.3 is 59.4 Å². The van der Waals surface area contributed by atoms with Gasteiger partial charge in [-0.05, 0) is 26.2 Å². The predicted molar refractivity (Wildman–Crippen MR) is 114 cm³/mol. The van der Waals surface area contributed by atoms with Crippen molar-refractivity contribution in [2.24, 2.45) is 0 Å². The maximum atomic E-state index is 11.0. The van der Waals surface area contributed by atoms with Gasteiger partial charge in [0.1, 0.15) is 54.9 Å². The number of hydrogen-bond donors (Lipinski definition) is 7. The lowest BCUT2D eigenvalue weighted by molar-refractivity contribution is -0.370. The summed E-state index contributed by atoms with van der Waals surface area (Å²) in [6, 6.07) is 0. The van der Waals surface area contributed by atoms with E-state index in [2.05, 4.69) is 0 Å². The first-order valence-corrected chi connectivity index (χ1v) is 12.1. The third kappa shape index (κ3) is 5.43. The summed E-state index contributed by atoms with van der Waals surface area (Å²) >= 11 is 0. The van der Waals surface area contributed by atoms with E-state index in [4.69, 9.17) is 23.7 Å². The van der Waals surface area contributed by atoms with Crippen molar-refractivity contribution in [3.05, 3.63) is 0 Å². The molecule has 7 N–H and O–H groups in total. The van der Waals surface area contributed by atoms with Crippen LogP contribution in [0.15, 0.2) is 0 Å². The van der Waals surface area contributed by atoms with Gasteiger partial charge in [0.15, 0.2) is 12.6 Å². The molecule has 0 bridgehead atoms. The van der Waals surface area contributed by atoms with E-state index in [-0.39, 0.29) is 0 Å². The molecule has 3 rings (SSSR count). The van der Waals surface area contributed by atoms with Crippen molar-refractivity contribution in [1.82, 2.24) is 0 Å². The van der Waals surface area contributed by atoms with Crippen molar-refractivity contribution in [3.63, 3.8) is 0 Å². The van der Waals surface area contributed by atoms with Crippen LogP contribution in [0.5, 0.6) is 0 Å². The van der Waals surface area contributed by atoms with Crippen LogP contribution in [-0.4, -0.2) is 128 Å². The van der Waals surface area contributed by atoms with Crippen molar-refractivity contribution in [3.8, 4) is 0 Å². The van der Waals surface area contributed by atoms with Crippen molar-refractivity contribution < 1.29 is 59.4 Å². The molecule has 0 spiro atoms. The van der Waals surface area contributed by atoms with Gasteiger partial charge >= 0.3 is 0 Å². The van der Waals surface area contributed by atoms with Crippen LogP contribution in [0.1, 0.15) is 47.0 Å². The maximum Gasteiger partial charge on any atom is 0.187 e. The minimum atomic E-state index is -1.63. The molecular weight excluding hydrogens is 456 g/mol.